The first-order chi connectivity index (χ1) is 10.2. The molecule has 112 valence electrons. The number of aliphatic hydroxyl groups excluding tert-OH is 1. The fourth-order valence-corrected chi connectivity index (χ4v) is 2.73. The second kappa shape index (κ2) is 8.11. The molecule has 2 aromatic carbocycles. The second-order valence-electron chi connectivity index (χ2n) is 5.17. The van der Waals surface area contributed by atoms with Gasteiger partial charge >= 0.3 is 0 Å². The van der Waals surface area contributed by atoms with Crippen LogP contribution in [0, 0.1) is 0 Å². The van der Waals surface area contributed by atoms with E-state index in [0.29, 0.717) is 0 Å². The highest BCUT2D eigenvalue weighted by atomic mass is 32.2. The van der Waals surface area contributed by atoms with Crippen LogP contribution < -0.4 is 5.32 Å². The van der Waals surface area contributed by atoms with Crippen LogP contribution in [0.5, 0.6) is 0 Å². The van der Waals surface area contributed by atoms with Gasteiger partial charge in [0, 0.05) is 23.2 Å². The summed E-state index contributed by atoms with van der Waals surface area (Å²) < 4.78 is 0. The summed E-state index contributed by atoms with van der Waals surface area (Å²) in [6.07, 6.45) is 3.83. The minimum Gasteiger partial charge on any atom is -0.396 e. The van der Waals surface area contributed by atoms with Crippen LogP contribution in [0.25, 0.3) is 0 Å². The predicted molar refractivity (Wildman–Crippen MR) is 92.1 cm³/mol. The van der Waals surface area contributed by atoms with Crippen molar-refractivity contribution in [2.45, 2.75) is 30.7 Å². The molecule has 0 fully saturated rings. The maximum absolute atomic E-state index is 8.92. The van der Waals surface area contributed by atoms with Crippen LogP contribution in [0.4, 0.5) is 5.69 Å². The number of aryl methyl sites for hydroxylation is 1. The average Bonchev–Trinajstić information content (AvgIpc) is 2.53. The van der Waals surface area contributed by atoms with Crippen LogP contribution in [-0.2, 0) is 6.42 Å². The number of hydrogen-bond donors (Lipinski definition) is 2. The molecule has 21 heavy (non-hydrogen) atoms. The van der Waals surface area contributed by atoms with Crippen LogP contribution in [0.1, 0.15) is 30.5 Å². The van der Waals surface area contributed by atoms with E-state index in [4.69, 9.17) is 5.11 Å². The van der Waals surface area contributed by atoms with Crippen molar-refractivity contribution in [3.8, 4) is 0 Å². The Morgan fingerprint density at radius 1 is 1.14 bits per heavy atom. The zero-order valence-electron chi connectivity index (χ0n) is 12.7. The minimum atomic E-state index is 0.246. The summed E-state index contributed by atoms with van der Waals surface area (Å²) in [6, 6.07) is 17.4. The molecular formula is C18H23NOS. The number of thioether (sulfide) groups is 1. The van der Waals surface area contributed by atoms with E-state index in [-0.39, 0.29) is 12.6 Å². The molecule has 2 N–H and O–H groups in total. The summed E-state index contributed by atoms with van der Waals surface area (Å²) in [5, 5.41) is 12.5. The van der Waals surface area contributed by atoms with E-state index in [0.717, 1.165) is 18.5 Å². The van der Waals surface area contributed by atoms with Gasteiger partial charge in [-0.15, -0.1) is 11.8 Å². The van der Waals surface area contributed by atoms with Crippen molar-refractivity contribution in [2.24, 2.45) is 0 Å². The molecule has 0 aromatic heterocycles. The van der Waals surface area contributed by atoms with Crippen molar-refractivity contribution in [3.05, 3.63) is 59.7 Å². The maximum atomic E-state index is 8.92. The summed E-state index contributed by atoms with van der Waals surface area (Å²) in [6.45, 7) is 2.42. The van der Waals surface area contributed by atoms with Gasteiger partial charge in [-0.1, -0.05) is 24.3 Å². The lowest BCUT2D eigenvalue weighted by Crippen LogP contribution is -2.06. The van der Waals surface area contributed by atoms with Crippen molar-refractivity contribution in [2.75, 3.05) is 18.2 Å². The number of anilines is 1. The third kappa shape index (κ3) is 4.80. The van der Waals surface area contributed by atoms with Gasteiger partial charge in [0.2, 0.25) is 0 Å². The van der Waals surface area contributed by atoms with Crippen LogP contribution in [0.2, 0.25) is 0 Å². The van der Waals surface area contributed by atoms with Gasteiger partial charge < -0.3 is 10.4 Å². The van der Waals surface area contributed by atoms with E-state index in [2.05, 4.69) is 67.0 Å². The zero-order valence-corrected chi connectivity index (χ0v) is 13.5. The topological polar surface area (TPSA) is 32.3 Å². The second-order valence-corrected chi connectivity index (χ2v) is 6.05. The standard InChI is InChI=1S/C18H23NOS/c1-14(16-8-10-18(21-2)11-9-16)19-17-7-3-5-15(13-17)6-4-12-20/h3,5,7-11,13-14,19-20H,4,6,12H2,1-2H3. The zero-order chi connectivity index (χ0) is 15.1. The summed E-state index contributed by atoms with van der Waals surface area (Å²) in [7, 11) is 0. The molecule has 0 saturated carbocycles. The van der Waals surface area contributed by atoms with Gasteiger partial charge in [-0.3, -0.25) is 0 Å². The van der Waals surface area contributed by atoms with Crippen molar-refractivity contribution in [1.29, 1.82) is 0 Å². The van der Waals surface area contributed by atoms with Gasteiger partial charge in [-0.2, -0.15) is 0 Å². The Balaban J connectivity index is 2.02. The lowest BCUT2D eigenvalue weighted by molar-refractivity contribution is 0.288. The van der Waals surface area contributed by atoms with Crippen molar-refractivity contribution >= 4 is 17.4 Å². The highest BCUT2D eigenvalue weighted by Gasteiger charge is 2.05. The molecule has 0 heterocycles. The monoisotopic (exact) mass is 301 g/mol. The molecule has 0 aliphatic heterocycles. The van der Waals surface area contributed by atoms with Gasteiger partial charge in [0.1, 0.15) is 0 Å². The van der Waals surface area contributed by atoms with Gasteiger partial charge in [0.05, 0.1) is 0 Å². The highest BCUT2D eigenvalue weighted by Crippen LogP contribution is 2.23. The SMILES string of the molecule is CSc1ccc(C(C)Nc2cccc(CCCO)c2)cc1. The van der Waals surface area contributed by atoms with Crippen molar-refractivity contribution in [1.82, 2.24) is 0 Å². The summed E-state index contributed by atoms with van der Waals surface area (Å²) >= 11 is 1.76. The molecule has 1 atom stereocenters. The Labute approximate surface area is 131 Å². The van der Waals surface area contributed by atoms with Gasteiger partial charge in [0.25, 0.3) is 0 Å². The molecule has 2 nitrogen and oxygen atoms in total. The average molecular weight is 301 g/mol. The molecular weight excluding hydrogens is 278 g/mol. The van der Waals surface area contributed by atoms with E-state index in [9.17, 15) is 0 Å². The number of aliphatic hydroxyl groups is 1. The fraction of sp³-hybridized carbons (Fsp3) is 0.333. The molecule has 0 bridgehead atoms. The van der Waals surface area contributed by atoms with E-state index in [1.54, 1.807) is 11.8 Å². The normalized spacial score (nSPS) is 12.1. The van der Waals surface area contributed by atoms with Crippen LogP contribution in [-0.4, -0.2) is 18.0 Å². The smallest absolute Gasteiger partial charge is 0.0485 e. The molecule has 0 amide bonds. The number of rotatable bonds is 7. The number of benzene rings is 2. The van der Waals surface area contributed by atoms with E-state index in [1.165, 1.54) is 16.0 Å². The number of nitrogens with one attached hydrogen (secondary N) is 1. The third-order valence-corrected chi connectivity index (χ3v) is 4.29. The molecule has 2 rings (SSSR count). The third-order valence-electron chi connectivity index (χ3n) is 3.55. The van der Waals surface area contributed by atoms with Crippen molar-refractivity contribution in [3.63, 3.8) is 0 Å². The maximum Gasteiger partial charge on any atom is 0.0485 e. The number of hydrogen-bond acceptors (Lipinski definition) is 3. The Hall–Kier alpha value is -1.45. The van der Waals surface area contributed by atoms with Gasteiger partial charge in [0.15, 0.2) is 0 Å². The first kappa shape index (κ1) is 15.9. The summed E-state index contributed by atoms with van der Waals surface area (Å²) in [5.41, 5.74) is 3.68. The molecule has 1 unspecified atom stereocenters. The lowest BCUT2D eigenvalue weighted by atomic mass is 10.1. The molecule has 2 aromatic rings. The Morgan fingerprint density at radius 3 is 2.57 bits per heavy atom. The Morgan fingerprint density at radius 2 is 1.90 bits per heavy atom. The van der Waals surface area contributed by atoms with Crippen molar-refractivity contribution < 1.29 is 5.11 Å². The molecule has 0 spiro atoms. The fourth-order valence-electron chi connectivity index (χ4n) is 2.33. The van der Waals surface area contributed by atoms with Gasteiger partial charge in [-0.25, -0.2) is 0 Å². The van der Waals surface area contributed by atoms with Gasteiger partial charge in [-0.05, 0) is 61.4 Å². The Bertz CT molecular complexity index is 553. The molecule has 0 aliphatic rings. The van der Waals surface area contributed by atoms with E-state index >= 15 is 0 Å². The Kier molecular flexibility index (Phi) is 6.15. The molecule has 0 radical (unpaired) electrons. The molecule has 3 heteroatoms. The van der Waals surface area contributed by atoms with Crippen LogP contribution in [0.3, 0.4) is 0 Å². The molecule has 0 aliphatic carbocycles. The van der Waals surface area contributed by atoms with Crippen LogP contribution >= 0.6 is 11.8 Å². The minimum absolute atomic E-state index is 0.246. The van der Waals surface area contributed by atoms with E-state index in [1.807, 2.05) is 0 Å². The predicted octanol–water partition coefficient (Wildman–Crippen LogP) is 4.51. The first-order valence-corrected chi connectivity index (χ1v) is 8.55. The highest BCUT2D eigenvalue weighted by molar-refractivity contribution is 7.98. The quantitative estimate of drug-likeness (QED) is 0.738. The lowest BCUT2D eigenvalue weighted by Gasteiger charge is -2.17. The first-order valence-electron chi connectivity index (χ1n) is 7.33. The molecule has 0 saturated heterocycles. The largest absolute Gasteiger partial charge is 0.396 e. The summed E-state index contributed by atoms with van der Waals surface area (Å²) in [4.78, 5) is 1.29. The van der Waals surface area contributed by atoms with E-state index < -0.39 is 0 Å². The summed E-state index contributed by atoms with van der Waals surface area (Å²) in [5.74, 6) is 0. The van der Waals surface area contributed by atoms with Crippen LogP contribution in [0.15, 0.2) is 53.4 Å².